The number of rotatable bonds is 5. The summed E-state index contributed by atoms with van der Waals surface area (Å²) in [5.41, 5.74) is 1.21. The Labute approximate surface area is 151 Å². The van der Waals surface area contributed by atoms with E-state index in [1.165, 1.54) is 6.92 Å². The highest BCUT2D eigenvalue weighted by Crippen LogP contribution is 2.28. The fourth-order valence-electron chi connectivity index (χ4n) is 3.53. The van der Waals surface area contributed by atoms with Gasteiger partial charge in [0.05, 0.1) is 10.9 Å². The molecular formula is C19H23N3O4. The number of carbonyl (C=O) groups excluding carboxylic acids is 2. The lowest BCUT2D eigenvalue weighted by atomic mass is 9.98. The van der Waals surface area contributed by atoms with Gasteiger partial charge in [0.25, 0.3) is 5.56 Å². The number of aromatic nitrogens is 2. The lowest BCUT2D eigenvalue weighted by Crippen LogP contribution is -2.45. The summed E-state index contributed by atoms with van der Waals surface area (Å²) in [5.74, 6) is -0.359. The molecule has 1 aliphatic carbocycles. The summed E-state index contributed by atoms with van der Waals surface area (Å²) in [6, 6.07) is 4.73. The molecule has 1 amide bonds. The quantitative estimate of drug-likeness (QED) is 0.797. The molecule has 26 heavy (non-hydrogen) atoms. The van der Waals surface area contributed by atoms with Crippen LogP contribution in [0.2, 0.25) is 0 Å². The SMILES string of the molecule is CC(=O)NC(C(=O)OCc1nc2c(C)cccc2c(=O)[nH]1)C1CCCC1. The normalized spacial score (nSPS) is 15.8. The van der Waals surface area contributed by atoms with Gasteiger partial charge in [-0.3, -0.25) is 9.59 Å². The average Bonchev–Trinajstić information content (AvgIpc) is 3.12. The van der Waals surface area contributed by atoms with Crippen LogP contribution in [-0.4, -0.2) is 27.9 Å². The van der Waals surface area contributed by atoms with Gasteiger partial charge in [-0.15, -0.1) is 0 Å². The largest absolute Gasteiger partial charge is 0.456 e. The summed E-state index contributed by atoms with van der Waals surface area (Å²) in [6.45, 7) is 3.12. The third kappa shape index (κ3) is 3.92. The highest BCUT2D eigenvalue weighted by Gasteiger charge is 2.32. The van der Waals surface area contributed by atoms with Crippen LogP contribution in [0.5, 0.6) is 0 Å². The van der Waals surface area contributed by atoms with Crippen molar-refractivity contribution in [3.63, 3.8) is 0 Å². The second-order valence-electron chi connectivity index (χ2n) is 6.81. The molecule has 0 spiro atoms. The Hall–Kier alpha value is -2.70. The van der Waals surface area contributed by atoms with E-state index in [2.05, 4.69) is 15.3 Å². The minimum atomic E-state index is -0.649. The van der Waals surface area contributed by atoms with Crippen molar-refractivity contribution in [2.45, 2.75) is 52.2 Å². The average molecular weight is 357 g/mol. The fourth-order valence-corrected chi connectivity index (χ4v) is 3.53. The maximum Gasteiger partial charge on any atom is 0.329 e. The predicted molar refractivity (Wildman–Crippen MR) is 96.5 cm³/mol. The number of hydrogen-bond donors (Lipinski definition) is 2. The number of benzene rings is 1. The molecule has 1 aromatic carbocycles. The van der Waals surface area contributed by atoms with Crippen molar-refractivity contribution in [2.75, 3.05) is 0 Å². The van der Waals surface area contributed by atoms with Crippen molar-refractivity contribution >= 4 is 22.8 Å². The van der Waals surface area contributed by atoms with Gasteiger partial charge in [-0.05, 0) is 37.3 Å². The van der Waals surface area contributed by atoms with E-state index in [-0.39, 0.29) is 29.8 Å². The molecule has 1 fully saturated rings. The molecule has 1 aliphatic rings. The Morgan fingerprint density at radius 3 is 2.77 bits per heavy atom. The number of esters is 1. The molecule has 138 valence electrons. The summed E-state index contributed by atoms with van der Waals surface area (Å²) >= 11 is 0. The van der Waals surface area contributed by atoms with Crippen LogP contribution in [0.4, 0.5) is 0 Å². The van der Waals surface area contributed by atoms with Crippen LogP contribution in [0.3, 0.4) is 0 Å². The Kier molecular flexibility index (Phi) is 5.35. The molecule has 0 bridgehead atoms. The smallest absolute Gasteiger partial charge is 0.329 e. The van der Waals surface area contributed by atoms with Gasteiger partial charge in [-0.25, -0.2) is 9.78 Å². The Morgan fingerprint density at radius 1 is 1.35 bits per heavy atom. The van der Waals surface area contributed by atoms with E-state index in [9.17, 15) is 14.4 Å². The number of hydrogen-bond acceptors (Lipinski definition) is 5. The molecule has 3 rings (SSSR count). The van der Waals surface area contributed by atoms with E-state index >= 15 is 0 Å². The van der Waals surface area contributed by atoms with E-state index in [0.717, 1.165) is 31.2 Å². The molecule has 1 unspecified atom stereocenters. The molecule has 0 aliphatic heterocycles. The van der Waals surface area contributed by atoms with Gasteiger partial charge in [0.15, 0.2) is 0 Å². The van der Waals surface area contributed by atoms with Crippen LogP contribution in [0, 0.1) is 12.8 Å². The maximum atomic E-state index is 12.5. The number of H-pyrrole nitrogens is 1. The van der Waals surface area contributed by atoms with Crippen molar-refractivity contribution in [1.82, 2.24) is 15.3 Å². The highest BCUT2D eigenvalue weighted by molar-refractivity contribution is 5.83. The number of nitrogens with one attached hydrogen (secondary N) is 2. The van der Waals surface area contributed by atoms with E-state index in [1.807, 2.05) is 13.0 Å². The van der Waals surface area contributed by atoms with E-state index < -0.39 is 12.0 Å². The topological polar surface area (TPSA) is 101 Å². The van der Waals surface area contributed by atoms with Crippen LogP contribution in [0.25, 0.3) is 10.9 Å². The van der Waals surface area contributed by atoms with Gasteiger partial charge in [0.2, 0.25) is 5.91 Å². The van der Waals surface area contributed by atoms with E-state index in [1.54, 1.807) is 12.1 Å². The van der Waals surface area contributed by atoms with Crippen LogP contribution < -0.4 is 10.9 Å². The van der Waals surface area contributed by atoms with E-state index in [0.29, 0.717) is 10.9 Å². The molecular weight excluding hydrogens is 334 g/mol. The molecule has 7 nitrogen and oxygen atoms in total. The zero-order chi connectivity index (χ0) is 18.7. The van der Waals surface area contributed by atoms with Crippen molar-refractivity contribution in [2.24, 2.45) is 5.92 Å². The monoisotopic (exact) mass is 357 g/mol. The number of amides is 1. The van der Waals surface area contributed by atoms with Crippen molar-refractivity contribution in [3.05, 3.63) is 39.9 Å². The molecule has 1 saturated carbocycles. The van der Waals surface area contributed by atoms with E-state index in [4.69, 9.17) is 4.74 Å². The molecule has 1 aromatic heterocycles. The first-order valence-electron chi connectivity index (χ1n) is 8.88. The van der Waals surface area contributed by atoms with Gasteiger partial charge < -0.3 is 15.0 Å². The van der Waals surface area contributed by atoms with Gasteiger partial charge in [-0.1, -0.05) is 25.0 Å². The molecule has 7 heteroatoms. The number of ether oxygens (including phenoxy) is 1. The Bertz CT molecular complexity index is 884. The summed E-state index contributed by atoms with van der Waals surface area (Å²) < 4.78 is 5.36. The highest BCUT2D eigenvalue weighted by atomic mass is 16.5. The van der Waals surface area contributed by atoms with Crippen molar-refractivity contribution in [3.8, 4) is 0 Å². The lowest BCUT2D eigenvalue weighted by molar-refractivity contribution is -0.150. The zero-order valence-corrected chi connectivity index (χ0v) is 15.0. The van der Waals surface area contributed by atoms with Crippen molar-refractivity contribution < 1.29 is 14.3 Å². The standard InChI is InChI=1S/C19H23N3O4/c1-11-6-5-9-14-16(11)21-15(22-18(14)24)10-26-19(25)17(20-12(2)23)13-7-3-4-8-13/h5-6,9,13,17H,3-4,7-8,10H2,1-2H3,(H,20,23)(H,21,22,24). The summed E-state index contributed by atoms with van der Waals surface area (Å²) in [5, 5.41) is 3.20. The molecule has 0 saturated heterocycles. The van der Waals surface area contributed by atoms with Crippen molar-refractivity contribution in [1.29, 1.82) is 0 Å². The first kappa shape index (κ1) is 18.1. The first-order valence-corrected chi connectivity index (χ1v) is 8.88. The predicted octanol–water partition coefficient (Wildman–Crippen LogP) is 1.97. The van der Waals surface area contributed by atoms with Gasteiger partial charge >= 0.3 is 5.97 Å². The number of para-hydroxylation sites is 1. The summed E-state index contributed by atoms with van der Waals surface area (Å²) in [6.07, 6.45) is 3.88. The van der Waals surface area contributed by atoms with Crippen LogP contribution in [0.15, 0.2) is 23.0 Å². The number of fused-ring (bicyclic) bond motifs is 1. The Morgan fingerprint density at radius 2 is 2.08 bits per heavy atom. The third-order valence-electron chi connectivity index (χ3n) is 4.82. The van der Waals surface area contributed by atoms with Crippen LogP contribution >= 0.6 is 0 Å². The Balaban J connectivity index is 1.75. The minimum absolute atomic E-state index is 0.0947. The maximum absolute atomic E-state index is 12.5. The van der Waals surface area contributed by atoms with Crippen LogP contribution in [-0.2, 0) is 20.9 Å². The number of aromatic amines is 1. The third-order valence-corrected chi connectivity index (χ3v) is 4.82. The molecule has 2 N–H and O–H groups in total. The minimum Gasteiger partial charge on any atom is -0.456 e. The fraction of sp³-hybridized carbons (Fsp3) is 0.474. The summed E-state index contributed by atoms with van der Waals surface area (Å²) in [4.78, 5) is 43.2. The second-order valence-corrected chi connectivity index (χ2v) is 6.81. The summed E-state index contributed by atoms with van der Waals surface area (Å²) in [7, 11) is 0. The van der Waals surface area contributed by atoms with Crippen LogP contribution in [0.1, 0.15) is 44.0 Å². The molecule has 2 aromatic rings. The number of carbonyl (C=O) groups is 2. The zero-order valence-electron chi connectivity index (χ0n) is 15.0. The number of nitrogens with zero attached hydrogens (tertiary/aromatic N) is 1. The van der Waals surface area contributed by atoms with Gasteiger partial charge in [-0.2, -0.15) is 0 Å². The first-order chi connectivity index (χ1) is 12.5. The molecule has 1 heterocycles. The second kappa shape index (κ2) is 7.68. The van der Waals surface area contributed by atoms with Gasteiger partial charge in [0, 0.05) is 6.92 Å². The van der Waals surface area contributed by atoms with Gasteiger partial charge in [0.1, 0.15) is 18.5 Å². The lowest BCUT2D eigenvalue weighted by Gasteiger charge is -2.22. The molecule has 0 radical (unpaired) electrons. The number of aryl methyl sites for hydroxylation is 1. The molecule has 1 atom stereocenters.